The van der Waals surface area contributed by atoms with Gasteiger partial charge in [-0.2, -0.15) is 12.7 Å². The highest BCUT2D eigenvalue weighted by molar-refractivity contribution is 7.84. The molecule has 0 fully saturated rings. The minimum atomic E-state index is -4.17. The van der Waals surface area contributed by atoms with E-state index in [0.29, 0.717) is 29.8 Å². The summed E-state index contributed by atoms with van der Waals surface area (Å²) in [5.74, 6) is -0.997. The molecule has 0 radical (unpaired) electrons. The molecule has 3 aromatic rings. The van der Waals surface area contributed by atoms with E-state index in [9.17, 15) is 18.3 Å². The number of ether oxygens (including phenoxy) is 2. The number of aliphatic hydroxyl groups is 2. The molecule has 1 unspecified atom stereocenters. The Bertz CT molecular complexity index is 1500. The van der Waals surface area contributed by atoms with Crippen molar-refractivity contribution in [2.24, 2.45) is 0 Å². The Labute approximate surface area is 233 Å². The summed E-state index contributed by atoms with van der Waals surface area (Å²) in [5, 5.41) is 27.3. The third-order valence-electron chi connectivity index (χ3n) is 6.77. The summed E-state index contributed by atoms with van der Waals surface area (Å²) < 4.78 is 43.2. The van der Waals surface area contributed by atoms with Crippen molar-refractivity contribution in [3.8, 4) is 5.75 Å². The number of nitrogens with zero attached hydrogens (tertiary/aromatic N) is 4. The summed E-state index contributed by atoms with van der Waals surface area (Å²) in [6, 6.07) is 9.23. The molecule has 0 amide bonds. The van der Waals surface area contributed by atoms with Crippen molar-refractivity contribution in [1.82, 2.24) is 19.3 Å². The molecule has 13 heteroatoms. The third-order valence-corrected chi connectivity index (χ3v) is 8.07. The Morgan fingerprint density at radius 3 is 2.73 bits per heavy atom. The maximum Gasteiger partial charge on any atom is 0.388 e. The predicted octanol–water partition coefficient (Wildman–Crippen LogP) is 3.08. The quantitative estimate of drug-likeness (QED) is 0.244. The lowest BCUT2D eigenvalue weighted by atomic mass is 9.84. The molecule has 1 aliphatic heterocycles. The number of benzene rings is 2. The topological polar surface area (TPSA) is 153 Å². The highest BCUT2D eigenvalue weighted by atomic mass is 32.2. The SMILES string of the molecule is CCOC(=O)CC(c1cc(CN2CC=C(O)OS2(=O)=O)cc(OC)c1)c1ccc2c(nnn2CCCCO)c1C. The van der Waals surface area contributed by atoms with Crippen molar-refractivity contribution in [1.29, 1.82) is 0 Å². The number of hydrogen-bond donors (Lipinski definition) is 2. The number of aliphatic hydroxyl groups excluding tert-OH is 2. The first kappa shape index (κ1) is 29.3. The number of aromatic nitrogens is 3. The molecule has 0 spiro atoms. The molecule has 0 saturated carbocycles. The van der Waals surface area contributed by atoms with Crippen LogP contribution >= 0.6 is 0 Å². The molecule has 2 aromatic carbocycles. The fourth-order valence-electron chi connectivity index (χ4n) is 4.80. The Balaban J connectivity index is 1.75. The summed E-state index contributed by atoms with van der Waals surface area (Å²) >= 11 is 0. The molecule has 12 nitrogen and oxygen atoms in total. The molecule has 40 heavy (non-hydrogen) atoms. The van der Waals surface area contributed by atoms with Gasteiger partial charge in [0.2, 0.25) is 0 Å². The number of fused-ring (bicyclic) bond motifs is 1. The molecule has 1 aliphatic rings. The molecule has 216 valence electrons. The van der Waals surface area contributed by atoms with Gasteiger partial charge in [-0.05, 0) is 67.1 Å². The normalized spacial score (nSPS) is 15.8. The van der Waals surface area contributed by atoms with E-state index in [0.717, 1.165) is 32.9 Å². The van der Waals surface area contributed by atoms with Gasteiger partial charge in [-0.3, -0.25) is 4.79 Å². The van der Waals surface area contributed by atoms with Crippen molar-refractivity contribution in [3.63, 3.8) is 0 Å². The standard InChI is InChI=1S/C27H34N4O8S/c1-4-38-26(34)16-23(22-7-8-24-27(18(22)2)28-29-31(24)10-5-6-12-32)20-13-19(14-21(15-20)37-3)17-30-11-9-25(33)39-40(30,35)36/h7-9,13-15,23,32-33H,4-6,10-12,16-17H2,1-3H3. The van der Waals surface area contributed by atoms with Crippen LogP contribution in [0, 0.1) is 6.92 Å². The number of carbonyl (C=O) groups excluding carboxylic acids is 1. The fourth-order valence-corrected chi connectivity index (χ4v) is 5.76. The second-order valence-electron chi connectivity index (χ2n) is 9.44. The minimum Gasteiger partial charge on any atom is -0.497 e. The summed E-state index contributed by atoms with van der Waals surface area (Å²) in [5.41, 5.74) is 4.61. The lowest BCUT2D eigenvalue weighted by molar-refractivity contribution is -0.143. The van der Waals surface area contributed by atoms with Gasteiger partial charge in [-0.15, -0.1) is 5.10 Å². The van der Waals surface area contributed by atoms with E-state index in [1.54, 1.807) is 17.7 Å². The highest BCUT2D eigenvalue weighted by Crippen LogP contribution is 2.36. The van der Waals surface area contributed by atoms with Crippen LogP contribution in [-0.4, -0.2) is 70.8 Å². The molecule has 2 heterocycles. The zero-order valence-electron chi connectivity index (χ0n) is 22.7. The van der Waals surface area contributed by atoms with Crippen LogP contribution in [0.5, 0.6) is 5.75 Å². The van der Waals surface area contributed by atoms with Gasteiger partial charge in [0.1, 0.15) is 11.3 Å². The number of rotatable bonds is 12. The van der Waals surface area contributed by atoms with Gasteiger partial charge < -0.3 is 23.9 Å². The zero-order valence-corrected chi connectivity index (χ0v) is 23.6. The predicted molar refractivity (Wildman–Crippen MR) is 146 cm³/mol. The maximum absolute atomic E-state index is 12.8. The number of methoxy groups -OCH3 is 1. The van der Waals surface area contributed by atoms with Gasteiger partial charge in [-0.25, -0.2) is 4.68 Å². The van der Waals surface area contributed by atoms with E-state index in [1.807, 2.05) is 31.2 Å². The average Bonchev–Trinajstić information content (AvgIpc) is 3.33. The average molecular weight is 575 g/mol. The first-order valence-electron chi connectivity index (χ1n) is 13.0. The maximum atomic E-state index is 12.8. The van der Waals surface area contributed by atoms with Gasteiger partial charge in [0.05, 0.1) is 25.7 Å². The second kappa shape index (κ2) is 12.7. The molecule has 1 atom stereocenters. The van der Waals surface area contributed by atoms with Crippen LogP contribution in [0.3, 0.4) is 0 Å². The van der Waals surface area contributed by atoms with Crippen LogP contribution < -0.4 is 4.74 Å². The smallest absolute Gasteiger partial charge is 0.388 e. The van der Waals surface area contributed by atoms with E-state index in [1.165, 1.54) is 13.2 Å². The second-order valence-corrected chi connectivity index (χ2v) is 11.0. The molecule has 2 N–H and O–H groups in total. The number of unbranched alkanes of at least 4 members (excludes halogenated alkanes) is 1. The molecular weight excluding hydrogens is 540 g/mol. The molecule has 4 rings (SSSR count). The van der Waals surface area contributed by atoms with E-state index >= 15 is 0 Å². The van der Waals surface area contributed by atoms with Gasteiger partial charge in [0.25, 0.3) is 5.95 Å². The van der Waals surface area contributed by atoms with Gasteiger partial charge in [0, 0.05) is 38.2 Å². The van der Waals surface area contributed by atoms with Gasteiger partial charge in [0.15, 0.2) is 0 Å². The molecule has 0 bridgehead atoms. The van der Waals surface area contributed by atoms with E-state index in [-0.39, 0.29) is 38.7 Å². The molecular formula is C27H34N4O8S. The van der Waals surface area contributed by atoms with Crippen LogP contribution in [0.15, 0.2) is 42.4 Å². The Morgan fingerprint density at radius 2 is 2.02 bits per heavy atom. The van der Waals surface area contributed by atoms with E-state index < -0.39 is 22.2 Å². The molecule has 0 aliphatic carbocycles. The lowest BCUT2D eigenvalue weighted by Gasteiger charge is -2.25. The summed E-state index contributed by atoms with van der Waals surface area (Å²) in [6.45, 7) is 4.55. The first-order valence-corrected chi connectivity index (χ1v) is 14.4. The van der Waals surface area contributed by atoms with Crippen LogP contribution in [0.2, 0.25) is 0 Å². The van der Waals surface area contributed by atoms with Crippen LogP contribution in [0.4, 0.5) is 0 Å². The number of aryl methyl sites for hydroxylation is 2. The summed E-state index contributed by atoms with van der Waals surface area (Å²) in [7, 11) is -2.66. The van der Waals surface area contributed by atoms with Crippen molar-refractivity contribution in [2.75, 3.05) is 26.9 Å². The van der Waals surface area contributed by atoms with Crippen molar-refractivity contribution in [3.05, 3.63) is 64.6 Å². The Hall–Kier alpha value is -3.68. The minimum absolute atomic E-state index is 0.0391. The number of carbonyl (C=O) groups is 1. The van der Waals surface area contributed by atoms with Gasteiger partial charge >= 0.3 is 16.3 Å². The monoisotopic (exact) mass is 574 g/mol. The number of hydrogen-bond acceptors (Lipinski definition) is 10. The van der Waals surface area contributed by atoms with Crippen molar-refractivity contribution >= 4 is 27.3 Å². The molecule has 1 aromatic heterocycles. The molecule has 0 saturated heterocycles. The highest BCUT2D eigenvalue weighted by Gasteiger charge is 2.30. The van der Waals surface area contributed by atoms with Crippen LogP contribution in [0.25, 0.3) is 11.0 Å². The Kier molecular flexibility index (Phi) is 9.28. The lowest BCUT2D eigenvalue weighted by Crippen LogP contribution is -2.35. The van der Waals surface area contributed by atoms with Crippen molar-refractivity contribution < 1.29 is 37.1 Å². The fraction of sp³-hybridized carbons (Fsp3) is 0.444. The third kappa shape index (κ3) is 6.54. The van der Waals surface area contributed by atoms with Crippen LogP contribution in [0.1, 0.15) is 54.4 Å². The first-order chi connectivity index (χ1) is 19.2. The Morgan fingerprint density at radius 1 is 1.23 bits per heavy atom. The summed E-state index contributed by atoms with van der Waals surface area (Å²) in [6.07, 6.45) is 2.74. The van der Waals surface area contributed by atoms with Crippen molar-refractivity contribution in [2.45, 2.75) is 52.1 Å². The van der Waals surface area contributed by atoms with E-state index in [2.05, 4.69) is 14.5 Å². The van der Waals surface area contributed by atoms with Gasteiger partial charge in [-0.1, -0.05) is 17.3 Å². The summed E-state index contributed by atoms with van der Waals surface area (Å²) in [4.78, 5) is 12.8. The zero-order chi connectivity index (χ0) is 28.9. The van der Waals surface area contributed by atoms with E-state index in [4.69, 9.17) is 14.6 Å². The van der Waals surface area contributed by atoms with Crippen LogP contribution in [-0.2, 0) is 37.1 Å². The largest absolute Gasteiger partial charge is 0.497 e. The number of esters is 1.